The summed E-state index contributed by atoms with van der Waals surface area (Å²) in [6.45, 7) is 2.63. The van der Waals surface area contributed by atoms with Crippen LogP contribution < -0.4 is 4.57 Å². The minimum atomic E-state index is -0.731. The number of hydrogen-bond donors (Lipinski definition) is 0. The molecule has 15 heteroatoms. The van der Waals surface area contributed by atoms with Crippen LogP contribution in [0.3, 0.4) is 0 Å². The Bertz CT molecular complexity index is 2160. The van der Waals surface area contributed by atoms with Gasteiger partial charge in [0.1, 0.15) is 12.0 Å². The Balaban J connectivity index is 0.000000194. The number of nitrogens with zero attached hydrogens (tertiary/aromatic N) is 8. The van der Waals surface area contributed by atoms with Crippen molar-refractivity contribution in [2.24, 2.45) is 0 Å². The van der Waals surface area contributed by atoms with Crippen LogP contribution in [0.4, 0.5) is 17.1 Å². The minimum Gasteiger partial charge on any atom is -0.274 e. The summed E-state index contributed by atoms with van der Waals surface area (Å²) < 4.78 is 3.90. The number of nitro groups is 3. The summed E-state index contributed by atoms with van der Waals surface area (Å²) in [7, 11) is 0. The van der Waals surface area contributed by atoms with Crippen molar-refractivity contribution in [1.29, 1.82) is 0 Å². The lowest BCUT2D eigenvalue weighted by Crippen LogP contribution is -2.37. The number of hydrogen-bond acceptors (Lipinski definition) is 10. The van der Waals surface area contributed by atoms with Crippen LogP contribution in [0.1, 0.15) is 22.6 Å². The van der Waals surface area contributed by atoms with Crippen molar-refractivity contribution in [3.05, 3.63) is 175 Å². The van der Waals surface area contributed by atoms with Crippen molar-refractivity contribution >= 4 is 41.0 Å². The van der Waals surface area contributed by atoms with Gasteiger partial charge in [0.2, 0.25) is 10.9 Å². The van der Waals surface area contributed by atoms with Gasteiger partial charge in [0.25, 0.3) is 11.4 Å². The second kappa shape index (κ2) is 16.5. The molecular formula is C35H29N8O6S+. The molecule has 0 bridgehead atoms. The lowest BCUT2D eigenvalue weighted by Gasteiger charge is -2.07. The first kappa shape index (κ1) is 34.7. The van der Waals surface area contributed by atoms with Crippen LogP contribution in [-0.4, -0.2) is 34.5 Å². The monoisotopic (exact) mass is 689 g/mol. The summed E-state index contributed by atoms with van der Waals surface area (Å²) in [5, 5.41) is 41.3. The van der Waals surface area contributed by atoms with Crippen molar-refractivity contribution in [2.75, 3.05) is 0 Å². The fraction of sp³-hybridized carbons (Fsp3) is 0.0857. The zero-order chi connectivity index (χ0) is 35.5. The summed E-state index contributed by atoms with van der Waals surface area (Å²) in [5.74, 6) is 0.596. The van der Waals surface area contributed by atoms with Gasteiger partial charge in [0, 0.05) is 42.4 Å². The van der Waals surface area contributed by atoms with Gasteiger partial charge >= 0.3 is 5.69 Å². The zero-order valence-electron chi connectivity index (χ0n) is 26.6. The molecule has 14 nitrogen and oxygen atoms in total. The van der Waals surface area contributed by atoms with E-state index in [1.54, 1.807) is 23.6 Å². The van der Waals surface area contributed by atoms with Crippen molar-refractivity contribution in [2.45, 2.75) is 30.1 Å². The second-order valence-corrected chi connectivity index (χ2v) is 11.5. The summed E-state index contributed by atoms with van der Waals surface area (Å²) in [6, 6.07) is 33.2. The fourth-order valence-corrected chi connectivity index (χ4v) is 5.70. The summed E-state index contributed by atoms with van der Waals surface area (Å²) in [6.07, 6.45) is 7.88. The van der Waals surface area contributed by atoms with E-state index in [-0.39, 0.29) is 15.6 Å². The molecule has 3 aromatic heterocycles. The van der Waals surface area contributed by atoms with Crippen LogP contribution >= 0.6 is 11.8 Å². The number of benzene rings is 3. The Labute approximate surface area is 289 Å². The largest absolute Gasteiger partial charge is 0.308 e. The van der Waals surface area contributed by atoms with Crippen molar-refractivity contribution in [3.63, 3.8) is 0 Å². The molecule has 0 radical (unpaired) electrons. The lowest BCUT2D eigenvalue weighted by molar-refractivity contribution is -0.698. The molecule has 0 aliphatic rings. The third-order valence-electron chi connectivity index (χ3n) is 7.21. The van der Waals surface area contributed by atoms with Crippen LogP contribution in [0, 0.1) is 37.3 Å². The van der Waals surface area contributed by atoms with Crippen LogP contribution in [0.5, 0.6) is 0 Å². The van der Waals surface area contributed by atoms with Gasteiger partial charge < -0.3 is 0 Å². The molecule has 0 atom stereocenters. The quantitative estimate of drug-likeness (QED) is 0.0765. The van der Waals surface area contributed by atoms with E-state index in [9.17, 15) is 30.3 Å². The molecule has 3 heterocycles. The Morgan fingerprint density at radius 1 is 0.760 bits per heavy atom. The Kier molecular flexibility index (Phi) is 11.4. The van der Waals surface area contributed by atoms with Crippen molar-refractivity contribution in [1.82, 2.24) is 19.7 Å². The van der Waals surface area contributed by atoms with Gasteiger partial charge in [0.15, 0.2) is 17.8 Å². The predicted molar refractivity (Wildman–Crippen MR) is 187 cm³/mol. The summed E-state index contributed by atoms with van der Waals surface area (Å²) >= 11 is 0.919. The molecule has 0 fully saturated rings. The lowest BCUT2D eigenvalue weighted by atomic mass is 10.1. The standard InChI is InChI=1S/C21H19N2O2.C14H10N6O4S/c24-23(25)21-11-6-9-19(17-21)12-13-20-10-4-5-15-22(20)16-14-18-7-2-1-3-8-18;1-9-16-17-14(18(9)10-5-3-2-4-6-10)25-13-12(20(23)24)7-11(8-15-13)19(21)22/h1-13,15,17H,14,16H2;2-8H,1H3/q+1;/b13-12+;. The van der Waals surface area contributed by atoms with Crippen molar-refractivity contribution in [3.8, 4) is 5.69 Å². The Morgan fingerprint density at radius 2 is 1.46 bits per heavy atom. The summed E-state index contributed by atoms with van der Waals surface area (Å²) in [5.41, 5.74) is 3.16. The molecule has 0 amide bonds. The van der Waals surface area contributed by atoms with Crippen LogP contribution in [-0.2, 0) is 13.0 Å². The highest BCUT2D eigenvalue weighted by Crippen LogP contribution is 2.35. The number of aromatic nitrogens is 5. The van der Waals surface area contributed by atoms with Crippen LogP contribution in [0.15, 0.2) is 132 Å². The molecule has 6 rings (SSSR count). The van der Waals surface area contributed by atoms with E-state index in [1.165, 1.54) is 11.6 Å². The van der Waals surface area contributed by atoms with Crippen molar-refractivity contribution < 1.29 is 19.3 Å². The maximum absolute atomic E-state index is 11.2. The normalized spacial score (nSPS) is 10.7. The fourth-order valence-electron chi connectivity index (χ4n) is 4.77. The predicted octanol–water partition coefficient (Wildman–Crippen LogP) is 7.23. The first-order valence-corrected chi connectivity index (χ1v) is 15.9. The van der Waals surface area contributed by atoms with Gasteiger partial charge in [-0.1, -0.05) is 60.7 Å². The summed E-state index contributed by atoms with van der Waals surface area (Å²) in [4.78, 5) is 35.0. The third kappa shape index (κ3) is 9.05. The number of para-hydroxylation sites is 1. The molecule has 0 aliphatic heterocycles. The van der Waals surface area contributed by atoms with Gasteiger partial charge in [-0.25, -0.2) is 4.98 Å². The van der Waals surface area contributed by atoms with Gasteiger partial charge in [-0.3, -0.25) is 34.9 Å². The average molecular weight is 690 g/mol. The number of non-ortho nitro benzene ring substituents is 1. The zero-order valence-corrected chi connectivity index (χ0v) is 27.4. The molecule has 0 aliphatic carbocycles. The van der Waals surface area contributed by atoms with Gasteiger partial charge in [0.05, 0.1) is 20.8 Å². The van der Waals surface area contributed by atoms with E-state index in [2.05, 4.69) is 38.1 Å². The second-order valence-electron chi connectivity index (χ2n) is 10.6. The average Bonchev–Trinajstić information content (AvgIpc) is 3.50. The Hall–Kier alpha value is -6.61. The van der Waals surface area contributed by atoms with Crippen LogP contribution in [0.2, 0.25) is 0 Å². The molecule has 6 aromatic rings. The third-order valence-corrected chi connectivity index (χ3v) is 8.17. The van der Waals surface area contributed by atoms with Crippen LogP contribution in [0.25, 0.3) is 17.8 Å². The van der Waals surface area contributed by atoms with Gasteiger partial charge in [-0.15, -0.1) is 10.2 Å². The van der Waals surface area contributed by atoms with E-state index >= 15 is 0 Å². The van der Waals surface area contributed by atoms with Gasteiger partial charge in [-0.05, 0) is 54.1 Å². The highest BCUT2D eigenvalue weighted by Gasteiger charge is 2.24. The first-order chi connectivity index (χ1) is 24.2. The first-order valence-electron chi connectivity index (χ1n) is 15.1. The molecule has 250 valence electrons. The Morgan fingerprint density at radius 3 is 2.16 bits per heavy atom. The SMILES string of the molecule is Cc1nnc(Sc2ncc([N+](=O)[O-])cc2[N+](=O)[O-])n1-c1ccccc1.O=[N+]([O-])c1cccc(/C=C/c2cccc[n+]2CCc2ccccc2)c1. The molecule has 0 unspecified atom stereocenters. The van der Waals surface area contributed by atoms with E-state index in [4.69, 9.17) is 0 Å². The highest BCUT2D eigenvalue weighted by atomic mass is 32.2. The van der Waals surface area contributed by atoms with E-state index < -0.39 is 21.2 Å². The molecule has 0 N–H and O–H groups in total. The smallest absolute Gasteiger partial charge is 0.274 e. The molecule has 0 spiro atoms. The molecule has 0 saturated heterocycles. The number of aryl methyl sites for hydroxylation is 3. The van der Waals surface area contributed by atoms with E-state index in [0.717, 1.165) is 53.9 Å². The van der Waals surface area contributed by atoms with E-state index in [0.29, 0.717) is 11.0 Å². The topological polar surface area (TPSA) is 177 Å². The molecule has 0 saturated carbocycles. The van der Waals surface area contributed by atoms with Gasteiger partial charge in [-0.2, -0.15) is 4.57 Å². The molecule has 3 aromatic carbocycles. The number of rotatable bonds is 11. The highest BCUT2D eigenvalue weighted by molar-refractivity contribution is 7.99. The minimum absolute atomic E-state index is 0.000168. The number of pyridine rings is 2. The maximum atomic E-state index is 11.2. The number of nitro benzene ring substituents is 1. The maximum Gasteiger partial charge on any atom is 0.308 e. The molecule has 50 heavy (non-hydrogen) atoms. The van der Waals surface area contributed by atoms with E-state index in [1.807, 2.05) is 84.9 Å². The molecular weight excluding hydrogens is 661 g/mol.